The summed E-state index contributed by atoms with van der Waals surface area (Å²) in [5, 5.41) is 21.8. The Morgan fingerprint density at radius 2 is 2.08 bits per heavy atom. The molecule has 3 aromatic rings. The highest BCUT2D eigenvalue weighted by Gasteiger charge is 2.53. The third-order valence-corrected chi connectivity index (χ3v) is 4.99. The molecule has 5 rings (SSSR count). The van der Waals surface area contributed by atoms with E-state index in [0.29, 0.717) is 0 Å². The molecule has 2 atom stereocenters. The maximum atomic E-state index is 13.1. The number of phenolic OH excluding ortho intramolecular Hbond substituents is 1. The highest BCUT2D eigenvalue weighted by atomic mass is 35.5. The van der Waals surface area contributed by atoms with Gasteiger partial charge >= 0.3 is 0 Å². The van der Waals surface area contributed by atoms with Gasteiger partial charge in [-0.2, -0.15) is 0 Å². The number of aliphatic hydroxyl groups is 1. The highest BCUT2D eigenvalue weighted by Crippen LogP contribution is 2.52. The van der Waals surface area contributed by atoms with Crippen molar-refractivity contribution in [2.75, 3.05) is 7.11 Å². The fourth-order valence-electron chi connectivity index (χ4n) is 3.51. The SMILES string of the molecule is COc1c(Cl)ccc2oc3cc4c(c(O)c3c(=O)c12)C1(O)C=COC1O4. The second-order valence-electron chi connectivity index (χ2n) is 6.07. The van der Waals surface area contributed by atoms with E-state index < -0.39 is 23.1 Å². The third-order valence-electron chi connectivity index (χ3n) is 4.70. The Hall–Kier alpha value is -2.90. The van der Waals surface area contributed by atoms with E-state index in [2.05, 4.69) is 0 Å². The average Bonchev–Trinajstić information content (AvgIpc) is 3.08. The largest absolute Gasteiger partial charge is 0.506 e. The van der Waals surface area contributed by atoms with Crippen LogP contribution in [0, 0.1) is 0 Å². The average molecular weight is 375 g/mol. The Labute approximate surface area is 150 Å². The molecule has 26 heavy (non-hydrogen) atoms. The lowest BCUT2D eigenvalue weighted by Gasteiger charge is -2.18. The summed E-state index contributed by atoms with van der Waals surface area (Å²) in [6.45, 7) is 0. The monoisotopic (exact) mass is 374 g/mol. The number of benzene rings is 2. The Morgan fingerprint density at radius 3 is 2.85 bits per heavy atom. The van der Waals surface area contributed by atoms with Crippen LogP contribution in [-0.4, -0.2) is 23.6 Å². The van der Waals surface area contributed by atoms with E-state index in [4.69, 9.17) is 30.2 Å². The second-order valence-corrected chi connectivity index (χ2v) is 6.48. The van der Waals surface area contributed by atoms with Gasteiger partial charge in [0.25, 0.3) is 6.29 Å². The first kappa shape index (κ1) is 15.4. The van der Waals surface area contributed by atoms with E-state index >= 15 is 0 Å². The zero-order valence-electron chi connectivity index (χ0n) is 13.3. The lowest BCUT2D eigenvalue weighted by Crippen LogP contribution is -2.33. The maximum absolute atomic E-state index is 13.1. The van der Waals surface area contributed by atoms with E-state index in [1.165, 1.54) is 25.5 Å². The van der Waals surface area contributed by atoms with Crippen LogP contribution in [0.2, 0.25) is 5.02 Å². The summed E-state index contributed by atoms with van der Waals surface area (Å²) >= 11 is 6.10. The van der Waals surface area contributed by atoms with Gasteiger partial charge in [-0.1, -0.05) is 11.6 Å². The minimum atomic E-state index is -1.69. The second kappa shape index (κ2) is 4.84. The number of methoxy groups -OCH3 is 1. The molecule has 0 spiro atoms. The summed E-state index contributed by atoms with van der Waals surface area (Å²) in [6.07, 6.45) is 1.60. The van der Waals surface area contributed by atoms with Gasteiger partial charge in [0.05, 0.1) is 24.0 Å². The molecular formula is C18H11ClO7. The fourth-order valence-corrected chi connectivity index (χ4v) is 3.75. The Kier molecular flexibility index (Phi) is 2.86. The lowest BCUT2D eigenvalue weighted by molar-refractivity contribution is -0.110. The summed E-state index contributed by atoms with van der Waals surface area (Å²) in [7, 11) is 1.38. The number of aromatic hydroxyl groups is 1. The summed E-state index contributed by atoms with van der Waals surface area (Å²) < 4.78 is 21.7. The Morgan fingerprint density at radius 1 is 1.27 bits per heavy atom. The van der Waals surface area contributed by atoms with Crippen LogP contribution in [0.4, 0.5) is 0 Å². The maximum Gasteiger partial charge on any atom is 0.277 e. The molecular weight excluding hydrogens is 364 g/mol. The molecule has 2 unspecified atom stereocenters. The quantitative estimate of drug-likeness (QED) is 0.632. The van der Waals surface area contributed by atoms with Crippen LogP contribution in [0.1, 0.15) is 5.56 Å². The summed E-state index contributed by atoms with van der Waals surface area (Å²) in [5.74, 6) is -0.109. The number of halogens is 1. The predicted octanol–water partition coefficient (Wildman–Crippen LogP) is 2.76. The molecule has 2 N–H and O–H groups in total. The third kappa shape index (κ3) is 1.69. The standard InChI is InChI=1S/C18H11ClO7/c1-23-16-7(19)2-3-8-12(16)14(20)11-9(25-8)6-10-13(15(11)21)18(22)4-5-24-17(18)26-10/h2-6,17,21-22H,1H3. The van der Waals surface area contributed by atoms with Crippen LogP contribution in [-0.2, 0) is 10.3 Å². The number of hydrogen-bond donors (Lipinski definition) is 2. The fraction of sp³-hybridized carbons (Fsp3) is 0.167. The molecule has 8 heteroatoms. The molecule has 0 aliphatic carbocycles. The van der Waals surface area contributed by atoms with E-state index in [1.54, 1.807) is 12.1 Å². The molecule has 2 aliphatic rings. The van der Waals surface area contributed by atoms with Crippen molar-refractivity contribution in [3.05, 3.63) is 51.3 Å². The number of rotatable bonds is 1. The molecule has 7 nitrogen and oxygen atoms in total. The topological polar surface area (TPSA) is 98.4 Å². The molecule has 2 aliphatic heterocycles. The van der Waals surface area contributed by atoms with Gasteiger partial charge in [0.2, 0.25) is 5.43 Å². The molecule has 0 radical (unpaired) electrons. The number of ether oxygens (including phenoxy) is 3. The first-order valence-electron chi connectivity index (χ1n) is 7.67. The molecule has 0 amide bonds. The normalized spacial score (nSPS) is 23.0. The van der Waals surface area contributed by atoms with Crippen molar-refractivity contribution >= 4 is 33.5 Å². The Balaban J connectivity index is 1.95. The van der Waals surface area contributed by atoms with Crippen molar-refractivity contribution in [1.29, 1.82) is 0 Å². The van der Waals surface area contributed by atoms with Gasteiger partial charge in [-0.15, -0.1) is 0 Å². The van der Waals surface area contributed by atoms with Gasteiger partial charge in [0, 0.05) is 6.07 Å². The molecule has 2 aromatic carbocycles. The van der Waals surface area contributed by atoms with Gasteiger partial charge in [-0.25, -0.2) is 0 Å². The zero-order chi connectivity index (χ0) is 18.2. The lowest BCUT2D eigenvalue weighted by atomic mass is 9.93. The smallest absolute Gasteiger partial charge is 0.277 e. The number of fused-ring (bicyclic) bond motifs is 5. The van der Waals surface area contributed by atoms with Gasteiger partial charge in [0.15, 0.2) is 11.4 Å². The van der Waals surface area contributed by atoms with E-state index in [-0.39, 0.29) is 44.0 Å². The van der Waals surface area contributed by atoms with Crippen molar-refractivity contribution in [2.24, 2.45) is 0 Å². The first-order chi connectivity index (χ1) is 12.5. The van der Waals surface area contributed by atoms with Crippen LogP contribution in [0.3, 0.4) is 0 Å². The van der Waals surface area contributed by atoms with Gasteiger partial charge in [-0.3, -0.25) is 4.79 Å². The van der Waals surface area contributed by atoms with Crippen LogP contribution >= 0.6 is 11.6 Å². The van der Waals surface area contributed by atoms with E-state index in [9.17, 15) is 15.0 Å². The van der Waals surface area contributed by atoms with Gasteiger partial charge in [0.1, 0.15) is 33.4 Å². The summed E-state index contributed by atoms with van der Waals surface area (Å²) in [6, 6.07) is 4.53. The molecule has 3 heterocycles. The summed E-state index contributed by atoms with van der Waals surface area (Å²) in [5.41, 5.74) is -1.81. The molecule has 1 aromatic heterocycles. The predicted molar refractivity (Wildman–Crippen MR) is 91.8 cm³/mol. The van der Waals surface area contributed by atoms with E-state index in [0.717, 1.165) is 0 Å². The van der Waals surface area contributed by atoms with Crippen molar-refractivity contribution in [3.63, 3.8) is 0 Å². The van der Waals surface area contributed by atoms with E-state index in [1.807, 2.05) is 0 Å². The van der Waals surface area contributed by atoms with Crippen molar-refractivity contribution in [1.82, 2.24) is 0 Å². The Bertz CT molecular complexity index is 1200. The first-order valence-corrected chi connectivity index (χ1v) is 8.05. The minimum absolute atomic E-state index is 0.0522. The van der Waals surface area contributed by atoms with Gasteiger partial charge < -0.3 is 28.8 Å². The van der Waals surface area contributed by atoms with Crippen molar-refractivity contribution in [2.45, 2.75) is 11.9 Å². The molecule has 0 saturated carbocycles. The number of phenols is 1. The van der Waals surface area contributed by atoms with Crippen molar-refractivity contribution in [3.8, 4) is 17.2 Å². The van der Waals surface area contributed by atoms with Crippen molar-refractivity contribution < 1.29 is 28.8 Å². The molecule has 0 fully saturated rings. The summed E-state index contributed by atoms with van der Waals surface area (Å²) in [4.78, 5) is 13.1. The molecule has 0 bridgehead atoms. The van der Waals surface area contributed by atoms with Crippen LogP contribution in [0.15, 0.2) is 39.7 Å². The van der Waals surface area contributed by atoms with Crippen LogP contribution in [0.25, 0.3) is 21.9 Å². The van der Waals surface area contributed by atoms with Crippen LogP contribution in [0.5, 0.6) is 17.2 Å². The zero-order valence-corrected chi connectivity index (χ0v) is 14.0. The number of hydrogen-bond acceptors (Lipinski definition) is 7. The minimum Gasteiger partial charge on any atom is -0.506 e. The molecule has 0 saturated heterocycles. The van der Waals surface area contributed by atoms with Crippen LogP contribution < -0.4 is 14.9 Å². The highest BCUT2D eigenvalue weighted by molar-refractivity contribution is 6.33. The van der Waals surface area contributed by atoms with Gasteiger partial charge in [-0.05, 0) is 18.2 Å². The molecule has 132 valence electrons.